The van der Waals surface area contributed by atoms with Crippen LogP contribution in [-0.4, -0.2) is 16.9 Å². The normalized spacial score (nSPS) is 40.5. The smallest absolute Gasteiger partial charge is 0.314 e. The van der Waals surface area contributed by atoms with Gasteiger partial charge < -0.3 is 5.11 Å². The minimum absolute atomic E-state index is 0.0259. The van der Waals surface area contributed by atoms with Crippen molar-refractivity contribution >= 4 is 11.8 Å². The van der Waals surface area contributed by atoms with Crippen LogP contribution in [0, 0.1) is 39.4 Å². The van der Waals surface area contributed by atoms with Gasteiger partial charge >= 0.3 is 5.97 Å². The molecule has 1 N–H and O–H groups in total. The van der Waals surface area contributed by atoms with E-state index in [4.69, 9.17) is 0 Å². The molecule has 33 heavy (non-hydrogen) atoms. The lowest BCUT2D eigenvalue weighted by Gasteiger charge is -2.60. The van der Waals surface area contributed by atoms with Gasteiger partial charge in [0.2, 0.25) is 0 Å². The number of fused-ring (bicyclic) bond motifs is 4. The van der Waals surface area contributed by atoms with Gasteiger partial charge in [0.05, 0.1) is 5.41 Å². The SMILES string of the molecule is CC(C)=CCC[C@@H](C)[C@H]1CC[C@@]2(C(=O)O)C3=C(CC[C@]12C)[C@@]1(C)CCC(=O)C(C)(C)C1CC3. The summed E-state index contributed by atoms with van der Waals surface area (Å²) < 4.78 is 0. The van der Waals surface area contributed by atoms with Gasteiger partial charge in [-0.2, -0.15) is 0 Å². The molecule has 1 unspecified atom stereocenters. The molecule has 6 atom stereocenters. The number of carboxylic acids is 1. The molecule has 0 aromatic carbocycles. The molecule has 4 aliphatic carbocycles. The lowest BCUT2D eigenvalue weighted by atomic mass is 9.43. The second-order valence-corrected chi connectivity index (χ2v) is 13.2. The van der Waals surface area contributed by atoms with E-state index in [2.05, 4.69) is 54.5 Å². The van der Waals surface area contributed by atoms with Gasteiger partial charge in [0.25, 0.3) is 0 Å². The number of hydrogen-bond acceptors (Lipinski definition) is 2. The Kier molecular flexibility index (Phi) is 6.07. The van der Waals surface area contributed by atoms with Crippen molar-refractivity contribution in [2.45, 2.75) is 113 Å². The molecule has 4 aliphatic rings. The molecular formula is C30H46O3. The van der Waals surface area contributed by atoms with Crippen LogP contribution in [0.3, 0.4) is 0 Å². The zero-order chi connectivity index (χ0) is 24.4. The fourth-order valence-corrected chi connectivity index (χ4v) is 9.39. The third-order valence-electron chi connectivity index (χ3n) is 11.2. The molecule has 0 aromatic heterocycles. The summed E-state index contributed by atoms with van der Waals surface area (Å²) in [5, 5.41) is 10.9. The summed E-state index contributed by atoms with van der Waals surface area (Å²) in [5.74, 6) is 1.15. The van der Waals surface area contributed by atoms with E-state index in [-0.39, 0.29) is 16.2 Å². The highest BCUT2D eigenvalue weighted by atomic mass is 16.4. The minimum atomic E-state index is -0.713. The maximum absolute atomic E-state index is 13.2. The van der Waals surface area contributed by atoms with Crippen LogP contribution in [0.1, 0.15) is 113 Å². The third-order valence-corrected chi connectivity index (χ3v) is 11.2. The fourth-order valence-electron chi connectivity index (χ4n) is 9.39. The molecule has 4 rings (SSSR count). The Morgan fingerprint density at radius 3 is 2.36 bits per heavy atom. The molecule has 3 heteroatoms. The number of hydrogen-bond donors (Lipinski definition) is 1. The van der Waals surface area contributed by atoms with E-state index < -0.39 is 11.4 Å². The van der Waals surface area contributed by atoms with Gasteiger partial charge in [0.1, 0.15) is 5.78 Å². The molecule has 184 valence electrons. The first-order chi connectivity index (χ1) is 15.3. The second-order valence-electron chi connectivity index (χ2n) is 13.2. The Bertz CT molecular complexity index is 904. The summed E-state index contributed by atoms with van der Waals surface area (Å²) in [4.78, 5) is 26.0. The van der Waals surface area contributed by atoms with Gasteiger partial charge in [0, 0.05) is 11.8 Å². The molecular weight excluding hydrogens is 408 g/mol. The Morgan fingerprint density at radius 2 is 1.73 bits per heavy atom. The van der Waals surface area contributed by atoms with Gasteiger partial charge in [-0.25, -0.2) is 0 Å². The van der Waals surface area contributed by atoms with Gasteiger partial charge in [-0.15, -0.1) is 0 Å². The summed E-state index contributed by atoms with van der Waals surface area (Å²) in [6.07, 6.45) is 11.7. The number of Topliss-reactive ketones (excluding diaryl/α,β-unsaturated/α-hetero) is 1. The molecule has 2 saturated carbocycles. The first-order valence-electron chi connectivity index (χ1n) is 13.5. The number of rotatable bonds is 5. The highest BCUT2D eigenvalue weighted by molar-refractivity contribution is 5.86. The maximum atomic E-state index is 13.2. The lowest BCUT2D eigenvalue weighted by molar-refractivity contribution is -0.157. The number of aliphatic carboxylic acids is 1. The van der Waals surface area contributed by atoms with Crippen molar-refractivity contribution in [3.63, 3.8) is 0 Å². The van der Waals surface area contributed by atoms with Crippen molar-refractivity contribution < 1.29 is 14.7 Å². The van der Waals surface area contributed by atoms with Crippen molar-refractivity contribution in [2.24, 2.45) is 39.4 Å². The maximum Gasteiger partial charge on any atom is 0.314 e. The predicted octanol–water partition coefficient (Wildman–Crippen LogP) is 7.75. The monoisotopic (exact) mass is 454 g/mol. The van der Waals surface area contributed by atoms with E-state index in [1.165, 1.54) is 16.7 Å². The second kappa shape index (κ2) is 8.09. The summed E-state index contributed by atoms with van der Waals surface area (Å²) >= 11 is 0. The van der Waals surface area contributed by atoms with Crippen LogP contribution in [0.15, 0.2) is 22.8 Å². The topological polar surface area (TPSA) is 54.4 Å². The molecule has 0 heterocycles. The van der Waals surface area contributed by atoms with E-state index in [0.717, 1.165) is 57.8 Å². The summed E-state index contributed by atoms with van der Waals surface area (Å²) in [5.41, 5.74) is 2.87. The average molecular weight is 455 g/mol. The molecule has 2 fully saturated rings. The molecule has 0 aliphatic heterocycles. The largest absolute Gasteiger partial charge is 0.481 e. The molecule has 0 saturated heterocycles. The van der Waals surface area contributed by atoms with Crippen LogP contribution in [0.5, 0.6) is 0 Å². The van der Waals surface area contributed by atoms with Crippen molar-refractivity contribution in [3.8, 4) is 0 Å². The quantitative estimate of drug-likeness (QED) is 0.432. The molecule has 0 spiro atoms. The van der Waals surface area contributed by atoms with Crippen LogP contribution < -0.4 is 0 Å². The lowest BCUT2D eigenvalue weighted by Crippen LogP contribution is -2.56. The first kappa shape index (κ1) is 24.7. The van der Waals surface area contributed by atoms with Crippen molar-refractivity contribution in [2.75, 3.05) is 0 Å². The van der Waals surface area contributed by atoms with Crippen LogP contribution in [0.2, 0.25) is 0 Å². The number of carboxylic acid groups (broad SMARTS) is 1. The molecule has 0 aromatic rings. The summed E-state index contributed by atoms with van der Waals surface area (Å²) in [6, 6.07) is 0. The predicted molar refractivity (Wildman–Crippen MR) is 134 cm³/mol. The Balaban J connectivity index is 1.75. The Labute approximate surface area is 201 Å². The van der Waals surface area contributed by atoms with Crippen LogP contribution in [-0.2, 0) is 9.59 Å². The molecule has 0 radical (unpaired) electrons. The highest BCUT2D eigenvalue weighted by Gasteiger charge is 2.68. The number of ketones is 1. The molecule has 0 bridgehead atoms. The van der Waals surface area contributed by atoms with Gasteiger partial charge in [0.15, 0.2) is 0 Å². The number of carbonyl (C=O) groups is 2. The van der Waals surface area contributed by atoms with Crippen molar-refractivity contribution in [1.82, 2.24) is 0 Å². The van der Waals surface area contributed by atoms with Crippen molar-refractivity contribution in [3.05, 3.63) is 22.8 Å². The molecule has 3 nitrogen and oxygen atoms in total. The number of carbonyl (C=O) groups excluding carboxylic acids is 1. The zero-order valence-electron chi connectivity index (χ0n) is 22.1. The Morgan fingerprint density at radius 1 is 1.03 bits per heavy atom. The van der Waals surface area contributed by atoms with E-state index in [9.17, 15) is 14.7 Å². The zero-order valence-corrected chi connectivity index (χ0v) is 22.1. The van der Waals surface area contributed by atoms with E-state index in [1.807, 2.05) is 0 Å². The van der Waals surface area contributed by atoms with E-state index >= 15 is 0 Å². The standard InChI is InChI=1S/C30H46O3/c1-19(2)9-8-10-20(3)21-14-18-30(26(32)33)23-11-12-24-27(4,5)25(31)15-16-28(24,6)22(23)13-17-29(21,30)7/h9,20-21,24H,8,10-18H2,1-7H3,(H,32,33)/t20-,21-,24?,28-,29-,30+/m1/s1. The summed E-state index contributed by atoms with van der Waals surface area (Å²) in [6.45, 7) is 15.7. The minimum Gasteiger partial charge on any atom is -0.481 e. The van der Waals surface area contributed by atoms with Crippen LogP contribution in [0.4, 0.5) is 0 Å². The van der Waals surface area contributed by atoms with Crippen LogP contribution in [0.25, 0.3) is 0 Å². The summed E-state index contributed by atoms with van der Waals surface area (Å²) in [7, 11) is 0. The van der Waals surface area contributed by atoms with E-state index in [0.29, 0.717) is 30.0 Å². The van der Waals surface area contributed by atoms with Crippen LogP contribution >= 0.6 is 0 Å². The molecule has 0 amide bonds. The fraction of sp³-hybridized carbons (Fsp3) is 0.800. The van der Waals surface area contributed by atoms with Gasteiger partial charge in [-0.1, -0.05) is 57.4 Å². The number of allylic oxidation sites excluding steroid dienone is 3. The third kappa shape index (κ3) is 3.34. The first-order valence-corrected chi connectivity index (χ1v) is 13.5. The Hall–Kier alpha value is -1.38. The van der Waals surface area contributed by atoms with Gasteiger partial charge in [-0.05, 0) is 100 Å². The van der Waals surface area contributed by atoms with Crippen molar-refractivity contribution in [1.29, 1.82) is 0 Å². The van der Waals surface area contributed by atoms with E-state index in [1.54, 1.807) is 0 Å². The highest BCUT2D eigenvalue weighted by Crippen LogP contribution is 2.72. The average Bonchev–Trinajstić information content (AvgIpc) is 3.05. The van der Waals surface area contributed by atoms with Gasteiger partial charge in [-0.3, -0.25) is 9.59 Å².